The standard InChI is InChI=1S/C16H23NO3/c1-2-20-15-7-5-13(6-8-15)10-16(19)17-9-3-4-14(11-17)12-18/h5-8,14,18H,2-4,9-12H2,1H3. The molecule has 1 fully saturated rings. The monoisotopic (exact) mass is 277 g/mol. The first-order valence-corrected chi connectivity index (χ1v) is 7.33. The van der Waals surface area contributed by atoms with Gasteiger partial charge in [-0.25, -0.2) is 0 Å². The van der Waals surface area contributed by atoms with Crippen LogP contribution in [0.3, 0.4) is 0 Å². The van der Waals surface area contributed by atoms with Crippen LogP contribution in [-0.4, -0.2) is 42.2 Å². The summed E-state index contributed by atoms with van der Waals surface area (Å²) in [5.74, 6) is 1.22. The Labute approximate surface area is 120 Å². The fourth-order valence-corrected chi connectivity index (χ4v) is 2.60. The highest BCUT2D eigenvalue weighted by Gasteiger charge is 2.22. The first-order valence-electron chi connectivity index (χ1n) is 7.33. The van der Waals surface area contributed by atoms with E-state index < -0.39 is 0 Å². The van der Waals surface area contributed by atoms with E-state index in [1.54, 1.807) is 0 Å². The van der Waals surface area contributed by atoms with Crippen molar-refractivity contribution in [3.05, 3.63) is 29.8 Å². The molecule has 1 aliphatic heterocycles. The summed E-state index contributed by atoms with van der Waals surface area (Å²) < 4.78 is 5.39. The van der Waals surface area contributed by atoms with Crippen molar-refractivity contribution in [1.29, 1.82) is 0 Å². The first kappa shape index (κ1) is 14.9. The Balaban J connectivity index is 1.90. The van der Waals surface area contributed by atoms with E-state index in [4.69, 9.17) is 4.74 Å². The minimum absolute atomic E-state index is 0.146. The van der Waals surface area contributed by atoms with Gasteiger partial charge in [0.2, 0.25) is 5.91 Å². The summed E-state index contributed by atoms with van der Waals surface area (Å²) in [6.07, 6.45) is 2.42. The minimum Gasteiger partial charge on any atom is -0.494 e. The highest BCUT2D eigenvalue weighted by molar-refractivity contribution is 5.78. The second-order valence-electron chi connectivity index (χ2n) is 5.28. The van der Waals surface area contributed by atoms with Crippen molar-refractivity contribution in [2.24, 2.45) is 5.92 Å². The van der Waals surface area contributed by atoms with Crippen molar-refractivity contribution in [2.75, 3.05) is 26.3 Å². The molecule has 0 aliphatic carbocycles. The maximum Gasteiger partial charge on any atom is 0.226 e. The number of ether oxygens (including phenoxy) is 1. The van der Waals surface area contributed by atoms with Gasteiger partial charge in [-0.1, -0.05) is 12.1 Å². The number of carbonyl (C=O) groups is 1. The summed E-state index contributed by atoms with van der Waals surface area (Å²) >= 11 is 0. The van der Waals surface area contributed by atoms with Crippen LogP contribution in [0.2, 0.25) is 0 Å². The number of rotatable bonds is 5. The zero-order chi connectivity index (χ0) is 14.4. The smallest absolute Gasteiger partial charge is 0.226 e. The molecule has 1 aromatic rings. The number of likely N-dealkylation sites (tertiary alicyclic amines) is 1. The van der Waals surface area contributed by atoms with Crippen LogP contribution in [0.25, 0.3) is 0 Å². The quantitative estimate of drug-likeness (QED) is 0.893. The fourth-order valence-electron chi connectivity index (χ4n) is 2.60. The van der Waals surface area contributed by atoms with Gasteiger partial charge in [-0.15, -0.1) is 0 Å². The Hall–Kier alpha value is -1.55. The van der Waals surface area contributed by atoms with E-state index in [2.05, 4.69) is 0 Å². The molecule has 0 saturated carbocycles. The highest BCUT2D eigenvalue weighted by atomic mass is 16.5. The molecule has 0 aromatic heterocycles. The predicted octanol–water partition coefficient (Wildman–Crippen LogP) is 1.86. The largest absolute Gasteiger partial charge is 0.494 e. The maximum atomic E-state index is 12.3. The van der Waals surface area contributed by atoms with Crippen LogP contribution in [0.4, 0.5) is 0 Å². The summed E-state index contributed by atoms with van der Waals surface area (Å²) in [5.41, 5.74) is 1.00. The van der Waals surface area contributed by atoms with Gasteiger partial charge in [0.15, 0.2) is 0 Å². The van der Waals surface area contributed by atoms with Crippen LogP contribution in [0.5, 0.6) is 5.75 Å². The van der Waals surface area contributed by atoms with Gasteiger partial charge in [0, 0.05) is 19.7 Å². The number of hydrogen-bond acceptors (Lipinski definition) is 3. The molecular weight excluding hydrogens is 254 g/mol. The lowest BCUT2D eigenvalue weighted by Crippen LogP contribution is -2.41. The lowest BCUT2D eigenvalue weighted by atomic mass is 9.98. The average molecular weight is 277 g/mol. The second-order valence-corrected chi connectivity index (χ2v) is 5.28. The molecule has 1 atom stereocenters. The number of aliphatic hydroxyl groups is 1. The van der Waals surface area contributed by atoms with Crippen LogP contribution in [-0.2, 0) is 11.2 Å². The summed E-state index contributed by atoms with van der Waals surface area (Å²) in [6, 6.07) is 7.68. The minimum atomic E-state index is 0.146. The molecule has 1 unspecified atom stereocenters. The van der Waals surface area contributed by atoms with Gasteiger partial charge in [0.05, 0.1) is 13.0 Å². The number of carbonyl (C=O) groups excluding carboxylic acids is 1. The molecule has 0 radical (unpaired) electrons. The summed E-state index contributed by atoms with van der Waals surface area (Å²) in [4.78, 5) is 14.1. The number of benzene rings is 1. The van der Waals surface area contributed by atoms with Crippen molar-refractivity contribution >= 4 is 5.91 Å². The van der Waals surface area contributed by atoms with Gasteiger partial charge in [0.25, 0.3) is 0 Å². The molecule has 1 heterocycles. The molecule has 4 heteroatoms. The van der Waals surface area contributed by atoms with Crippen LogP contribution in [0, 0.1) is 5.92 Å². The van der Waals surface area contributed by atoms with Crippen molar-refractivity contribution in [1.82, 2.24) is 4.90 Å². The van der Waals surface area contributed by atoms with Gasteiger partial charge in [0.1, 0.15) is 5.75 Å². The Bertz CT molecular complexity index is 430. The Morgan fingerprint density at radius 2 is 2.15 bits per heavy atom. The number of aliphatic hydroxyl groups excluding tert-OH is 1. The van der Waals surface area contributed by atoms with Crippen LogP contribution in [0.1, 0.15) is 25.3 Å². The molecule has 2 rings (SSSR count). The maximum absolute atomic E-state index is 12.3. The van der Waals surface area contributed by atoms with Crippen molar-refractivity contribution in [2.45, 2.75) is 26.2 Å². The highest BCUT2D eigenvalue weighted by Crippen LogP contribution is 2.18. The average Bonchev–Trinajstić information content (AvgIpc) is 2.49. The Morgan fingerprint density at radius 3 is 2.80 bits per heavy atom. The second kappa shape index (κ2) is 7.29. The molecule has 1 amide bonds. The molecule has 1 aliphatic rings. The van der Waals surface area contributed by atoms with Crippen molar-refractivity contribution in [3.63, 3.8) is 0 Å². The number of hydrogen-bond donors (Lipinski definition) is 1. The van der Waals surface area contributed by atoms with Gasteiger partial charge < -0.3 is 14.7 Å². The number of amides is 1. The molecule has 1 saturated heterocycles. The fraction of sp³-hybridized carbons (Fsp3) is 0.562. The van der Waals surface area contributed by atoms with Gasteiger partial charge in [-0.3, -0.25) is 4.79 Å². The third-order valence-electron chi connectivity index (χ3n) is 3.72. The van der Waals surface area contributed by atoms with E-state index in [-0.39, 0.29) is 18.4 Å². The Morgan fingerprint density at radius 1 is 1.40 bits per heavy atom. The summed E-state index contributed by atoms with van der Waals surface area (Å²) in [5, 5.41) is 9.21. The van der Waals surface area contributed by atoms with E-state index in [0.29, 0.717) is 19.6 Å². The molecule has 1 N–H and O–H groups in total. The summed E-state index contributed by atoms with van der Waals surface area (Å²) in [6.45, 7) is 4.27. The van der Waals surface area contributed by atoms with Gasteiger partial charge >= 0.3 is 0 Å². The first-order chi connectivity index (χ1) is 9.72. The number of piperidine rings is 1. The zero-order valence-corrected chi connectivity index (χ0v) is 12.0. The zero-order valence-electron chi connectivity index (χ0n) is 12.0. The molecule has 0 bridgehead atoms. The molecule has 0 spiro atoms. The Kier molecular flexibility index (Phi) is 5.41. The van der Waals surface area contributed by atoms with E-state index >= 15 is 0 Å². The topological polar surface area (TPSA) is 49.8 Å². The molecular formula is C16H23NO3. The summed E-state index contributed by atoms with van der Waals surface area (Å²) in [7, 11) is 0. The van der Waals surface area contributed by atoms with Gasteiger partial charge in [-0.2, -0.15) is 0 Å². The van der Waals surface area contributed by atoms with E-state index in [1.807, 2.05) is 36.1 Å². The molecule has 1 aromatic carbocycles. The lowest BCUT2D eigenvalue weighted by Gasteiger charge is -2.32. The van der Waals surface area contributed by atoms with Gasteiger partial charge in [-0.05, 0) is 43.4 Å². The van der Waals surface area contributed by atoms with E-state index in [1.165, 1.54) is 0 Å². The number of nitrogens with zero attached hydrogens (tertiary/aromatic N) is 1. The molecule has 20 heavy (non-hydrogen) atoms. The van der Waals surface area contributed by atoms with E-state index in [0.717, 1.165) is 30.7 Å². The van der Waals surface area contributed by atoms with E-state index in [9.17, 15) is 9.90 Å². The van der Waals surface area contributed by atoms with Crippen LogP contribution < -0.4 is 4.74 Å². The lowest BCUT2D eigenvalue weighted by molar-refractivity contribution is -0.132. The molecule has 110 valence electrons. The van der Waals surface area contributed by atoms with Crippen molar-refractivity contribution < 1.29 is 14.6 Å². The third kappa shape index (κ3) is 3.97. The van der Waals surface area contributed by atoms with Crippen molar-refractivity contribution in [3.8, 4) is 5.75 Å². The SMILES string of the molecule is CCOc1ccc(CC(=O)N2CCCC(CO)C2)cc1. The third-order valence-corrected chi connectivity index (χ3v) is 3.72. The predicted molar refractivity (Wildman–Crippen MR) is 77.7 cm³/mol. The molecule has 4 nitrogen and oxygen atoms in total. The van der Waals surface area contributed by atoms with Crippen LogP contribution in [0.15, 0.2) is 24.3 Å². The van der Waals surface area contributed by atoms with Crippen LogP contribution >= 0.6 is 0 Å². The normalized spacial score (nSPS) is 18.9.